The average molecular weight is 337 g/mol. The second-order valence-electron chi connectivity index (χ2n) is 5.54. The molecule has 2 unspecified atom stereocenters. The molecule has 0 aromatic heterocycles. The Labute approximate surface area is 141 Å². The fourth-order valence-electron chi connectivity index (χ4n) is 2.22. The molecule has 1 aliphatic rings. The van der Waals surface area contributed by atoms with Crippen LogP contribution < -0.4 is 20.9 Å². The van der Waals surface area contributed by atoms with Crippen LogP contribution in [0.25, 0.3) is 0 Å². The van der Waals surface area contributed by atoms with Crippen LogP contribution in [0.3, 0.4) is 0 Å². The zero-order valence-electron chi connectivity index (χ0n) is 13.4. The van der Waals surface area contributed by atoms with E-state index in [-0.39, 0.29) is 12.0 Å². The molecule has 0 aliphatic carbocycles. The van der Waals surface area contributed by atoms with Crippen LogP contribution in [-0.2, 0) is 9.53 Å². The van der Waals surface area contributed by atoms with Gasteiger partial charge < -0.3 is 14.8 Å². The fraction of sp³-hybridized carbons (Fsp3) is 0.500. The first kappa shape index (κ1) is 17.5. The molecule has 0 spiro atoms. The number of hydrazine groups is 1. The van der Waals surface area contributed by atoms with Gasteiger partial charge in [-0.05, 0) is 56.6 Å². The molecule has 1 aromatic carbocycles. The Balaban J connectivity index is 1.67. The summed E-state index contributed by atoms with van der Waals surface area (Å²) in [5.74, 6) is 0.361. The summed E-state index contributed by atoms with van der Waals surface area (Å²) in [7, 11) is 0. The number of ether oxygens (including phenoxy) is 2. The predicted octanol–water partition coefficient (Wildman–Crippen LogP) is 1.44. The second-order valence-corrected chi connectivity index (χ2v) is 5.94. The second kappa shape index (κ2) is 8.69. The van der Waals surface area contributed by atoms with E-state index < -0.39 is 6.10 Å². The third-order valence-electron chi connectivity index (χ3n) is 3.49. The van der Waals surface area contributed by atoms with Crippen molar-refractivity contribution in [1.29, 1.82) is 0 Å². The summed E-state index contributed by atoms with van der Waals surface area (Å²) in [4.78, 5) is 12.0. The lowest BCUT2D eigenvalue weighted by molar-refractivity contribution is -0.127. The van der Waals surface area contributed by atoms with E-state index in [0.717, 1.165) is 25.0 Å². The zero-order valence-corrected chi connectivity index (χ0v) is 14.2. The Morgan fingerprint density at radius 2 is 2.30 bits per heavy atom. The molecular weight excluding hydrogens is 314 g/mol. The quantitative estimate of drug-likeness (QED) is 0.558. The molecule has 23 heavy (non-hydrogen) atoms. The van der Waals surface area contributed by atoms with Gasteiger partial charge in [0, 0.05) is 13.2 Å². The molecule has 1 amide bonds. The standard InChI is InChI=1S/C16H23N3O3S/c1-11-5-3-6-13(9-11)22-12(2)15(20)18-19-16(23)17-10-14-7-4-8-21-14/h3,5-6,9,12,14H,4,7-8,10H2,1-2H3,(H,18,20)(H2,17,19,23). The number of nitrogens with one attached hydrogen (secondary N) is 3. The van der Waals surface area contributed by atoms with Gasteiger partial charge in [-0.1, -0.05) is 12.1 Å². The molecule has 1 saturated heterocycles. The monoisotopic (exact) mass is 337 g/mol. The number of thiocarbonyl (C=S) groups is 1. The van der Waals surface area contributed by atoms with Crippen molar-refractivity contribution in [3.63, 3.8) is 0 Å². The van der Waals surface area contributed by atoms with Gasteiger partial charge in [-0.2, -0.15) is 0 Å². The lowest BCUT2D eigenvalue weighted by Gasteiger charge is -2.17. The highest BCUT2D eigenvalue weighted by Crippen LogP contribution is 2.14. The van der Waals surface area contributed by atoms with Crippen molar-refractivity contribution in [2.45, 2.75) is 38.9 Å². The number of carbonyl (C=O) groups excluding carboxylic acids is 1. The Morgan fingerprint density at radius 1 is 1.48 bits per heavy atom. The minimum atomic E-state index is -0.634. The van der Waals surface area contributed by atoms with Gasteiger partial charge in [0.2, 0.25) is 0 Å². The highest BCUT2D eigenvalue weighted by Gasteiger charge is 2.17. The Morgan fingerprint density at radius 3 is 3.00 bits per heavy atom. The van der Waals surface area contributed by atoms with E-state index in [1.807, 2.05) is 31.2 Å². The summed E-state index contributed by atoms with van der Waals surface area (Å²) in [5, 5.41) is 3.37. The van der Waals surface area contributed by atoms with Crippen molar-refractivity contribution in [2.75, 3.05) is 13.2 Å². The molecule has 0 bridgehead atoms. The van der Waals surface area contributed by atoms with E-state index in [1.165, 1.54) is 0 Å². The van der Waals surface area contributed by atoms with Gasteiger partial charge in [-0.3, -0.25) is 15.6 Å². The summed E-state index contributed by atoms with van der Waals surface area (Å²) in [6.45, 7) is 5.09. The number of aryl methyl sites for hydroxylation is 1. The molecule has 1 fully saturated rings. The van der Waals surface area contributed by atoms with Crippen molar-refractivity contribution >= 4 is 23.2 Å². The molecule has 126 valence electrons. The lowest BCUT2D eigenvalue weighted by atomic mass is 10.2. The van der Waals surface area contributed by atoms with Crippen molar-refractivity contribution in [1.82, 2.24) is 16.2 Å². The maximum Gasteiger partial charge on any atom is 0.279 e. The summed E-state index contributed by atoms with van der Waals surface area (Å²) < 4.78 is 11.1. The SMILES string of the molecule is Cc1cccc(OC(C)C(=O)NNC(=S)NCC2CCCO2)c1. The maximum absolute atomic E-state index is 12.0. The van der Waals surface area contributed by atoms with E-state index >= 15 is 0 Å². The van der Waals surface area contributed by atoms with Crippen LogP contribution in [0.2, 0.25) is 0 Å². The fourth-order valence-corrected chi connectivity index (χ4v) is 2.36. The van der Waals surface area contributed by atoms with Gasteiger partial charge in [-0.15, -0.1) is 0 Å². The molecule has 6 nitrogen and oxygen atoms in total. The van der Waals surface area contributed by atoms with E-state index in [0.29, 0.717) is 17.4 Å². The minimum Gasteiger partial charge on any atom is -0.481 e. The first-order chi connectivity index (χ1) is 11.0. The largest absolute Gasteiger partial charge is 0.481 e. The third-order valence-corrected chi connectivity index (χ3v) is 3.73. The molecule has 0 radical (unpaired) electrons. The molecule has 7 heteroatoms. The third kappa shape index (κ3) is 6.03. The van der Waals surface area contributed by atoms with Crippen LogP contribution in [0.5, 0.6) is 5.75 Å². The highest BCUT2D eigenvalue weighted by atomic mass is 32.1. The Bertz CT molecular complexity index is 547. The molecule has 2 rings (SSSR count). The Hall–Kier alpha value is -1.86. The van der Waals surface area contributed by atoms with E-state index in [9.17, 15) is 4.79 Å². The van der Waals surface area contributed by atoms with Crippen LogP contribution >= 0.6 is 12.2 Å². The molecule has 1 aliphatic heterocycles. The predicted molar refractivity (Wildman–Crippen MR) is 92.1 cm³/mol. The summed E-state index contributed by atoms with van der Waals surface area (Å²) in [6.07, 6.45) is 1.67. The number of rotatable bonds is 5. The number of benzene rings is 1. The normalized spacial score (nSPS) is 18.1. The smallest absolute Gasteiger partial charge is 0.279 e. The van der Waals surface area contributed by atoms with Crippen LogP contribution in [-0.4, -0.2) is 36.4 Å². The van der Waals surface area contributed by atoms with Gasteiger partial charge in [0.1, 0.15) is 5.75 Å². The van der Waals surface area contributed by atoms with E-state index in [4.69, 9.17) is 21.7 Å². The lowest BCUT2D eigenvalue weighted by Crippen LogP contribution is -2.51. The van der Waals surface area contributed by atoms with Gasteiger partial charge >= 0.3 is 0 Å². The number of hydrogen-bond donors (Lipinski definition) is 3. The number of hydrogen-bond acceptors (Lipinski definition) is 4. The Kier molecular flexibility index (Phi) is 6.61. The summed E-state index contributed by atoms with van der Waals surface area (Å²) in [5.41, 5.74) is 6.28. The van der Waals surface area contributed by atoms with Gasteiger partial charge in [-0.25, -0.2) is 0 Å². The van der Waals surface area contributed by atoms with Crippen LogP contribution in [0.15, 0.2) is 24.3 Å². The first-order valence-corrected chi connectivity index (χ1v) is 8.14. The number of amides is 1. The number of carbonyl (C=O) groups is 1. The minimum absolute atomic E-state index is 0.189. The van der Waals surface area contributed by atoms with E-state index in [2.05, 4.69) is 16.2 Å². The van der Waals surface area contributed by atoms with Gasteiger partial charge in [0.05, 0.1) is 6.10 Å². The average Bonchev–Trinajstić information content (AvgIpc) is 3.04. The highest BCUT2D eigenvalue weighted by molar-refractivity contribution is 7.80. The molecule has 1 aromatic rings. The van der Waals surface area contributed by atoms with Crippen molar-refractivity contribution in [3.8, 4) is 5.75 Å². The van der Waals surface area contributed by atoms with Crippen molar-refractivity contribution in [3.05, 3.63) is 29.8 Å². The van der Waals surface area contributed by atoms with E-state index in [1.54, 1.807) is 6.92 Å². The topological polar surface area (TPSA) is 71.6 Å². The molecule has 1 heterocycles. The van der Waals surface area contributed by atoms with Gasteiger partial charge in [0.15, 0.2) is 11.2 Å². The first-order valence-electron chi connectivity index (χ1n) is 7.73. The van der Waals surface area contributed by atoms with Crippen molar-refractivity contribution in [2.24, 2.45) is 0 Å². The molecular formula is C16H23N3O3S. The maximum atomic E-state index is 12.0. The van der Waals surface area contributed by atoms with Crippen LogP contribution in [0.1, 0.15) is 25.3 Å². The van der Waals surface area contributed by atoms with Crippen LogP contribution in [0.4, 0.5) is 0 Å². The summed E-state index contributed by atoms with van der Waals surface area (Å²) in [6, 6.07) is 7.55. The molecule has 0 saturated carbocycles. The molecule has 3 N–H and O–H groups in total. The van der Waals surface area contributed by atoms with Crippen LogP contribution in [0, 0.1) is 6.92 Å². The van der Waals surface area contributed by atoms with Crippen molar-refractivity contribution < 1.29 is 14.3 Å². The van der Waals surface area contributed by atoms with Gasteiger partial charge in [0.25, 0.3) is 5.91 Å². The summed E-state index contributed by atoms with van der Waals surface area (Å²) >= 11 is 5.11. The zero-order chi connectivity index (χ0) is 16.7. The molecule has 2 atom stereocenters.